The predicted octanol–water partition coefficient (Wildman–Crippen LogP) is 5.41. The molecule has 0 spiro atoms. The van der Waals surface area contributed by atoms with E-state index in [1.165, 1.54) is 11.1 Å². The number of aromatic nitrogens is 2. The number of halogens is 1. The van der Waals surface area contributed by atoms with E-state index < -0.39 is 0 Å². The Morgan fingerprint density at radius 3 is 2.60 bits per heavy atom. The maximum atomic E-state index is 6.08. The summed E-state index contributed by atoms with van der Waals surface area (Å²) in [5, 5.41) is 7.30. The zero-order valence-corrected chi connectivity index (χ0v) is 15.4. The molecule has 0 aliphatic carbocycles. The van der Waals surface area contributed by atoms with E-state index in [4.69, 9.17) is 11.6 Å². The van der Waals surface area contributed by atoms with Crippen molar-refractivity contribution in [1.82, 2.24) is 9.97 Å². The largest absolute Gasteiger partial charge is 0.366 e. The van der Waals surface area contributed by atoms with Gasteiger partial charge in [-0.05, 0) is 44.0 Å². The Hall–Kier alpha value is -2.59. The van der Waals surface area contributed by atoms with Crippen molar-refractivity contribution in [2.45, 2.75) is 27.3 Å². The molecule has 2 N–H and O–H groups in total. The summed E-state index contributed by atoms with van der Waals surface area (Å²) in [7, 11) is 0. The van der Waals surface area contributed by atoms with Crippen molar-refractivity contribution in [2.24, 2.45) is 0 Å². The topological polar surface area (TPSA) is 49.8 Å². The van der Waals surface area contributed by atoms with Crippen molar-refractivity contribution >= 4 is 29.1 Å². The molecule has 1 heterocycles. The first-order valence-electron chi connectivity index (χ1n) is 8.18. The lowest BCUT2D eigenvalue weighted by molar-refractivity contribution is 1.06. The maximum absolute atomic E-state index is 6.08. The van der Waals surface area contributed by atoms with Crippen LogP contribution >= 0.6 is 11.6 Å². The molecule has 0 atom stereocenters. The Kier molecular flexibility index (Phi) is 5.19. The molecule has 0 aliphatic rings. The SMILES string of the molecule is Cc1cccc(CNc2cc(C)nc(Nc3cc(Cl)ccc3C)n2)c1. The fraction of sp³-hybridized carbons (Fsp3) is 0.200. The summed E-state index contributed by atoms with van der Waals surface area (Å²) in [4.78, 5) is 9.02. The van der Waals surface area contributed by atoms with E-state index in [1.54, 1.807) is 0 Å². The van der Waals surface area contributed by atoms with Gasteiger partial charge in [0.05, 0.1) is 0 Å². The lowest BCUT2D eigenvalue weighted by atomic mass is 10.1. The highest BCUT2D eigenvalue weighted by atomic mass is 35.5. The molecule has 0 bridgehead atoms. The summed E-state index contributed by atoms with van der Waals surface area (Å²) in [5.74, 6) is 1.34. The number of rotatable bonds is 5. The van der Waals surface area contributed by atoms with Gasteiger partial charge in [0, 0.05) is 29.0 Å². The van der Waals surface area contributed by atoms with Crippen LogP contribution in [0.4, 0.5) is 17.5 Å². The van der Waals surface area contributed by atoms with Crippen molar-refractivity contribution in [1.29, 1.82) is 0 Å². The first kappa shape index (κ1) is 17.2. The number of nitrogens with one attached hydrogen (secondary N) is 2. The van der Waals surface area contributed by atoms with Gasteiger partial charge in [-0.25, -0.2) is 4.98 Å². The van der Waals surface area contributed by atoms with Gasteiger partial charge in [0.15, 0.2) is 0 Å². The lowest BCUT2D eigenvalue weighted by Crippen LogP contribution is -2.06. The molecule has 0 amide bonds. The molecule has 3 rings (SSSR count). The van der Waals surface area contributed by atoms with Gasteiger partial charge in [-0.2, -0.15) is 4.98 Å². The van der Waals surface area contributed by atoms with Crippen molar-refractivity contribution in [2.75, 3.05) is 10.6 Å². The third kappa shape index (κ3) is 4.70. The van der Waals surface area contributed by atoms with E-state index in [0.29, 0.717) is 17.5 Å². The van der Waals surface area contributed by atoms with E-state index in [9.17, 15) is 0 Å². The average Bonchev–Trinajstić information content (AvgIpc) is 2.56. The van der Waals surface area contributed by atoms with Crippen molar-refractivity contribution in [3.05, 3.63) is 75.9 Å². The fourth-order valence-electron chi connectivity index (χ4n) is 2.58. The molecule has 2 aromatic carbocycles. The minimum Gasteiger partial charge on any atom is -0.366 e. The number of nitrogens with zero attached hydrogens (tertiary/aromatic N) is 2. The highest BCUT2D eigenvalue weighted by Crippen LogP contribution is 2.23. The molecular formula is C20H21ClN4. The molecule has 1 aromatic heterocycles. The molecule has 0 saturated carbocycles. The second kappa shape index (κ2) is 7.53. The van der Waals surface area contributed by atoms with Crippen LogP contribution in [0.1, 0.15) is 22.4 Å². The molecule has 0 saturated heterocycles. The van der Waals surface area contributed by atoms with Gasteiger partial charge in [0.2, 0.25) is 5.95 Å². The third-order valence-corrected chi connectivity index (χ3v) is 4.09. The predicted molar refractivity (Wildman–Crippen MR) is 105 cm³/mol. The molecule has 4 nitrogen and oxygen atoms in total. The van der Waals surface area contributed by atoms with Crippen LogP contribution in [-0.4, -0.2) is 9.97 Å². The van der Waals surface area contributed by atoms with Crippen molar-refractivity contribution in [3.8, 4) is 0 Å². The number of benzene rings is 2. The van der Waals surface area contributed by atoms with Crippen LogP contribution in [0, 0.1) is 20.8 Å². The van der Waals surface area contributed by atoms with Crippen LogP contribution in [0.5, 0.6) is 0 Å². The van der Waals surface area contributed by atoms with Gasteiger partial charge in [-0.3, -0.25) is 0 Å². The molecule has 0 unspecified atom stereocenters. The van der Waals surface area contributed by atoms with E-state index in [-0.39, 0.29) is 0 Å². The zero-order chi connectivity index (χ0) is 17.8. The van der Waals surface area contributed by atoms with Gasteiger partial charge in [-0.1, -0.05) is 47.5 Å². The van der Waals surface area contributed by atoms with Gasteiger partial charge >= 0.3 is 0 Å². The van der Waals surface area contributed by atoms with Crippen molar-refractivity contribution in [3.63, 3.8) is 0 Å². The summed E-state index contributed by atoms with van der Waals surface area (Å²) in [6, 6.07) is 16.1. The normalized spacial score (nSPS) is 10.6. The average molecular weight is 353 g/mol. The van der Waals surface area contributed by atoms with Crippen LogP contribution in [0.3, 0.4) is 0 Å². The van der Waals surface area contributed by atoms with E-state index in [1.807, 2.05) is 38.1 Å². The fourth-order valence-corrected chi connectivity index (χ4v) is 2.75. The summed E-state index contributed by atoms with van der Waals surface area (Å²) >= 11 is 6.08. The summed E-state index contributed by atoms with van der Waals surface area (Å²) in [6.07, 6.45) is 0. The highest BCUT2D eigenvalue weighted by molar-refractivity contribution is 6.30. The van der Waals surface area contributed by atoms with Gasteiger partial charge < -0.3 is 10.6 Å². The number of hydrogen-bond acceptors (Lipinski definition) is 4. The van der Waals surface area contributed by atoms with Gasteiger partial charge in [0.25, 0.3) is 0 Å². The monoisotopic (exact) mass is 352 g/mol. The Morgan fingerprint density at radius 1 is 0.960 bits per heavy atom. The van der Waals surface area contributed by atoms with E-state index >= 15 is 0 Å². The molecular weight excluding hydrogens is 332 g/mol. The molecule has 128 valence electrons. The molecule has 5 heteroatoms. The first-order chi connectivity index (χ1) is 12.0. The smallest absolute Gasteiger partial charge is 0.229 e. The van der Waals surface area contributed by atoms with Crippen molar-refractivity contribution < 1.29 is 0 Å². The summed E-state index contributed by atoms with van der Waals surface area (Å²) in [6.45, 7) is 6.78. The summed E-state index contributed by atoms with van der Waals surface area (Å²) < 4.78 is 0. The quantitative estimate of drug-likeness (QED) is 0.644. The molecule has 3 aromatic rings. The Labute approximate surface area is 153 Å². The van der Waals surface area contributed by atoms with Crippen LogP contribution in [0.2, 0.25) is 5.02 Å². The molecule has 0 aliphatic heterocycles. The van der Waals surface area contributed by atoms with E-state index in [2.05, 4.69) is 51.8 Å². The molecule has 0 radical (unpaired) electrons. The van der Waals surface area contributed by atoms with Crippen LogP contribution < -0.4 is 10.6 Å². The minimum absolute atomic E-state index is 0.553. The van der Waals surface area contributed by atoms with E-state index in [0.717, 1.165) is 22.8 Å². The number of hydrogen-bond donors (Lipinski definition) is 2. The maximum Gasteiger partial charge on any atom is 0.229 e. The Morgan fingerprint density at radius 2 is 1.80 bits per heavy atom. The second-order valence-corrected chi connectivity index (χ2v) is 6.58. The molecule has 0 fully saturated rings. The second-order valence-electron chi connectivity index (χ2n) is 6.15. The Bertz CT molecular complexity index is 893. The minimum atomic E-state index is 0.553. The van der Waals surface area contributed by atoms with Crippen LogP contribution in [0.15, 0.2) is 48.5 Å². The summed E-state index contributed by atoms with van der Waals surface area (Å²) in [5.41, 5.74) is 5.35. The Balaban J connectivity index is 1.77. The highest BCUT2D eigenvalue weighted by Gasteiger charge is 2.06. The number of anilines is 3. The first-order valence-corrected chi connectivity index (χ1v) is 8.56. The van der Waals surface area contributed by atoms with Gasteiger partial charge in [0.1, 0.15) is 5.82 Å². The lowest BCUT2D eigenvalue weighted by Gasteiger charge is -2.12. The number of aryl methyl sites for hydroxylation is 3. The standard InChI is InChI=1S/C20H21ClN4/c1-13-5-4-6-16(9-13)12-22-19-10-15(3)23-20(25-19)24-18-11-17(21)8-7-14(18)2/h4-11H,12H2,1-3H3,(H2,22,23,24,25). The van der Waals surface area contributed by atoms with Gasteiger partial charge in [-0.15, -0.1) is 0 Å². The zero-order valence-electron chi connectivity index (χ0n) is 14.6. The van der Waals surface area contributed by atoms with Crippen LogP contribution in [0.25, 0.3) is 0 Å². The molecule has 25 heavy (non-hydrogen) atoms. The van der Waals surface area contributed by atoms with Crippen LogP contribution in [-0.2, 0) is 6.54 Å². The third-order valence-electron chi connectivity index (χ3n) is 3.86.